The Morgan fingerprint density at radius 3 is 2.44 bits per heavy atom. The normalized spacial score (nSPS) is 10.8. The molecule has 1 rings (SSSR count). The third-order valence-corrected chi connectivity index (χ3v) is 2.48. The maximum Gasteiger partial charge on any atom is 0.340 e. The van der Waals surface area contributed by atoms with E-state index in [0.717, 1.165) is 0 Å². The molecule has 0 aliphatic heterocycles. The summed E-state index contributed by atoms with van der Waals surface area (Å²) < 4.78 is 9.70. The van der Waals surface area contributed by atoms with Gasteiger partial charge < -0.3 is 15.2 Å². The Labute approximate surface area is 106 Å². The van der Waals surface area contributed by atoms with Gasteiger partial charge in [0.15, 0.2) is 0 Å². The monoisotopic (exact) mass is 251 g/mol. The number of carbonyl (C=O) groups is 2. The van der Waals surface area contributed by atoms with E-state index in [9.17, 15) is 9.59 Å². The second-order valence-corrected chi connectivity index (χ2v) is 4.54. The van der Waals surface area contributed by atoms with E-state index in [2.05, 4.69) is 4.74 Å². The van der Waals surface area contributed by atoms with Gasteiger partial charge in [0.05, 0.1) is 18.1 Å². The first kappa shape index (κ1) is 14.0. The number of para-hydroxylation sites is 1. The van der Waals surface area contributed by atoms with Crippen LogP contribution in [0.4, 0.5) is 5.69 Å². The van der Waals surface area contributed by atoms with Crippen molar-refractivity contribution in [2.45, 2.75) is 13.8 Å². The maximum atomic E-state index is 11.8. The number of carbonyl (C=O) groups excluding carboxylic acids is 2. The molecule has 5 heteroatoms. The topological polar surface area (TPSA) is 78.6 Å². The highest BCUT2D eigenvalue weighted by Crippen LogP contribution is 2.19. The fourth-order valence-corrected chi connectivity index (χ4v) is 1.34. The lowest BCUT2D eigenvalue weighted by molar-refractivity contribution is -0.152. The average Bonchev–Trinajstić information content (AvgIpc) is 2.35. The number of ether oxygens (including phenoxy) is 2. The van der Waals surface area contributed by atoms with Crippen molar-refractivity contribution in [3.05, 3.63) is 29.8 Å². The number of anilines is 1. The van der Waals surface area contributed by atoms with Crippen molar-refractivity contribution in [3.8, 4) is 0 Å². The Morgan fingerprint density at radius 1 is 1.28 bits per heavy atom. The summed E-state index contributed by atoms with van der Waals surface area (Å²) in [6, 6.07) is 6.60. The van der Waals surface area contributed by atoms with Crippen molar-refractivity contribution in [2.75, 3.05) is 19.5 Å². The van der Waals surface area contributed by atoms with Crippen LogP contribution < -0.4 is 5.73 Å². The standard InChI is InChI=1S/C13H17NO4/c1-13(2,12(16)17-3)8-18-11(15)9-6-4-5-7-10(9)14/h4-7H,8,14H2,1-3H3. The van der Waals surface area contributed by atoms with E-state index in [4.69, 9.17) is 10.5 Å². The molecular formula is C13H17NO4. The second kappa shape index (κ2) is 5.53. The second-order valence-electron chi connectivity index (χ2n) is 4.54. The van der Waals surface area contributed by atoms with Crippen LogP contribution in [0.1, 0.15) is 24.2 Å². The molecule has 0 heterocycles. The SMILES string of the molecule is COC(=O)C(C)(C)COC(=O)c1ccccc1N. The van der Waals surface area contributed by atoms with Gasteiger partial charge in [-0.1, -0.05) is 12.1 Å². The van der Waals surface area contributed by atoms with Crippen LogP contribution in [0.2, 0.25) is 0 Å². The van der Waals surface area contributed by atoms with Crippen LogP contribution in [-0.4, -0.2) is 25.7 Å². The van der Waals surface area contributed by atoms with Crippen LogP contribution in [0.15, 0.2) is 24.3 Å². The molecule has 5 nitrogen and oxygen atoms in total. The Hall–Kier alpha value is -2.04. The Bertz CT molecular complexity index is 454. The van der Waals surface area contributed by atoms with E-state index in [-0.39, 0.29) is 12.2 Å². The molecule has 18 heavy (non-hydrogen) atoms. The number of nitrogens with two attached hydrogens (primary N) is 1. The zero-order valence-corrected chi connectivity index (χ0v) is 10.7. The van der Waals surface area contributed by atoms with Crippen LogP contribution in [-0.2, 0) is 14.3 Å². The van der Waals surface area contributed by atoms with Crippen molar-refractivity contribution in [3.63, 3.8) is 0 Å². The molecule has 98 valence electrons. The molecule has 0 spiro atoms. The lowest BCUT2D eigenvalue weighted by atomic mass is 9.95. The van der Waals surface area contributed by atoms with Gasteiger partial charge in [-0.25, -0.2) is 4.79 Å². The molecule has 2 N–H and O–H groups in total. The van der Waals surface area contributed by atoms with E-state index >= 15 is 0 Å². The molecule has 0 radical (unpaired) electrons. The van der Waals surface area contributed by atoms with Crippen molar-refractivity contribution in [2.24, 2.45) is 5.41 Å². The van der Waals surface area contributed by atoms with Gasteiger partial charge in [0.25, 0.3) is 0 Å². The van der Waals surface area contributed by atoms with Crippen molar-refractivity contribution in [1.29, 1.82) is 0 Å². The summed E-state index contributed by atoms with van der Waals surface area (Å²) in [5, 5.41) is 0. The highest BCUT2D eigenvalue weighted by atomic mass is 16.5. The third-order valence-electron chi connectivity index (χ3n) is 2.48. The summed E-state index contributed by atoms with van der Waals surface area (Å²) in [7, 11) is 1.29. The molecule has 0 amide bonds. The summed E-state index contributed by atoms with van der Waals surface area (Å²) in [6.45, 7) is 3.22. The first-order valence-corrected chi connectivity index (χ1v) is 5.48. The van der Waals surface area contributed by atoms with Gasteiger partial charge in [-0.3, -0.25) is 4.79 Å². The molecule has 0 atom stereocenters. The third kappa shape index (κ3) is 3.23. The minimum atomic E-state index is -0.881. The fourth-order valence-electron chi connectivity index (χ4n) is 1.34. The lowest BCUT2D eigenvalue weighted by Crippen LogP contribution is -2.32. The van der Waals surface area contributed by atoms with Crippen molar-refractivity contribution < 1.29 is 19.1 Å². The van der Waals surface area contributed by atoms with Crippen LogP contribution in [0.25, 0.3) is 0 Å². The van der Waals surface area contributed by atoms with Gasteiger partial charge in [0.2, 0.25) is 0 Å². The maximum absolute atomic E-state index is 11.8. The minimum absolute atomic E-state index is 0.0627. The summed E-state index contributed by atoms with van der Waals surface area (Å²) in [6.07, 6.45) is 0. The molecular weight excluding hydrogens is 234 g/mol. The first-order valence-electron chi connectivity index (χ1n) is 5.48. The Kier molecular flexibility index (Phi) is 4.31. The van der Waals surface area contributed by atoms with E-state index in [1.54, 1.807) is 38.1 Å². The smallest absolute Gasteiger partial charge is 0.340 e. The molecule has 0 unspecified atom stereocenters. The summed E-state index contributed by atoms with van der Waals surface area (Å²) in [5.74, 6) is -0.985. The summed E-state index contributed by atoms with van der Waals surface area (Å²) in [5.41, 5.74) is 5.41. The largest absolute Gasteiger partial charge is 0.469 e. The highest BCUT2D eigenvalue weighted by Gasteiger charge is 2.30. The zero-order valence-electron chi connectivity index (χ0n) is 10.7. The number of benzene rings is 1. The van der Waals surface area contributed by atoms with Gasteiger partial charge in [-0.15, -0.1) is 0 Å². The Morgan fingerprint density at radius 2 is 1.89 bits per heavy atom. The molecule has 0 fully saturated rings. The summed E-state index contributed by atoms with van der Waals surface area (Å²) in [4.78, 5) is 23.2. The van der Waals surface area contributed by atoms with Crippen LogP contribution in [0.3, 0.4) is 0 Å². The number of hydrogen-bond donors (Lipinski definition) is 1. The average molecular weight is 251 g/mol. The number of methoxy groups -OCH3 is 1. The predicted octanol–water partition coefficient (Wildman–Crippen LogP) is 1.62. The number of esters is 2. The lowest BCUT2D eigenvalue weighted by Gasteiger charge is -2.21. The zero-order chi connectivity index (χ0) is 13.8. The molecule has 0 bridgehead atoms. The molecule has 0 saturated carbocycles. The van der Waals surface area contributed by atoms with Crippen LogP contribution in [0.5, 0.6) is 0 Å². The van der Waals surface area contributed by atoms with Gasteiger partial charge in [0.1, 0.15) is 6.61 Å². The molecule has 1 aromatic rings. The van der Waals surface area contributed by atoms with Gasteiger partial charge >= 0.3 is 11.9 Å². The first-order chi connectivity index (χ1) is 8.38. The van der Waals surface area contributed by atoms with Crippen LogP contribution in [0, 0.1) is 5.41 Å². The molecule has 0 aromatic heterocycles. The summed E-state index contributed by atoms with van der Waals surface area (Å²) >= 11 is 0. The predicted molar refractivity (Wildman–Crippen MR) is 66.9 cm³/mol. The highest BCUT2D eigenvalue weighted by molar-refractivity contribution is 5.95. The van der Waals surface area contributed by atoms with Gasteiger partial charge in [0, 0.05) is 5.69 Å². The van der Waals surface area contributed by atoms with Gasteiger partial charge in [-0.2, -0.15) is 0 Å². The Balaban J connectivity index is 2.68. The van der Waals surface area contributed by atoms with E-state index in [0.29, 0.717) is 5.69 Å². The van der Waals surface area contributed by atoms with E-state index < -0.39 is 17.4 Å². The van der Waals surface area contributed by atoms with Crippen LogP contribution >= 0.6 is 0 Å². The van der Waals surface area contributed by atoms with Crippen molar-refractivity contribution in [1.82, 2.24) is 0 Å². The molecule has 1 aromatic carbocycles. The number of hydrogen-bond acceptors (Lipinski definition) is 5. The quantitative estimate of drug-likeness (QED) is 0.650. The van der Waals surface area contributed by atoms with E-state index in [1.807, 2.05) is 0 Å². The molecule has 0 saturated heterocycles. The number of nitrogen functional groups attached to an aromatic ring is 1. The van der Waals surface area contributed by atoms with Gasteiger partial charge in [-0.05, 0) is 26.0 Å². The molecule has 0 aliphatic carbocycles. The fraction of sp³-hybridized carbons (Fsp3) is 0.385. The van der Waals surface area contributed by atoms with Crippen molar-refractivity contribution >= 4 is 17.6 Å². The number of rotatable bonds is 4. The minimum Gasteiger partial charge on any atom is -0.469 e. The van der Waals surface area contributed by atoms with E-state index in [1.165, 1.54) is 7.11 Å². The molecule has 0 aliphatic rings.